The minimum Gasteiger partial charge on any atom is -0.410 e. The maximum atomic E-state index is 11.2. The number of hydrogen-bond acceptors (Lipinski definition) is 3. The number of benzene rings is 1. The van der Waals surface area contributed by atoms with Crippen molar-refractivity contribution in [1.29, 1.82) is 0 Å². The minimum atomic E-state index is -0.400. The van der Waals surface area contributed by atoms with Crippen LogP contribution in [0, 0.1) is 0 Å². The van der Waals surface area contributed by atoms with Crippen LogP contribution in [-0.4, -0.2) is 19.2 Å². The molecule has 0 atom stereocenters. The van der Waals surface area contributed by atoms with Gasteiger partial charge in [0.25, 0.3) is 0 Å². The zero-order valence-electron chi connectivity index (χ0n) is 8.67. The first-order valence-corrected chi connectivity index (χ1v) is 5.12. The second-order valence-electron chi connectivity index (χ2n) is 3.42. The molecule has 2 N–H and O–H groups in total. The molecule has 0 aliphatic carbocycles. The summed E-state index contributed by atoms with van der Waals surface area (Å²) in [5, 5.41) is 5.83. The Morgan fingerprint density at radius 3 is 3.27 bits per heavy atom. The fourth-order valence-corrected chi connectivity index (χ4v) is 1.63. The van der Waals surface area contributed by atoms with Crippen LogP contribution >= 0.6 is 0 Å². The lowest BCUT2D eigenvalue weighted by molar-refractivity contribution is 0.201. The average molecular weight is 206 g/mol. The number of carbonyl (C=O) groups excluding carboxylic acids is 1. The molecule has 1 aliphatic rings. The van der Waals surface area contributed by atoms with Crippen LogP contribution in [-0.2, 0) is 6.42 Å². The van der Waals surface area contributed by atoms with Gasteiger partial charge in [0.2, 0.25) is 0 Å². The van der Waals surface area contributed by atoms with E-state index in [0.717, 1.165) is 18.7 Å². The van der Waals surface area contributed by atoms with Gasteiger partial charge in [-0.1, -0.05) is 0 Å². The molecule has 0 radical (unpaired) electrons. The molecule has 2 rings (SSSR count). The molecule has 80 valence electrons. The normalized spacial score (nSPS) is 12.9. The lowest BCUT2D eigenvalue weighted by Crippen LogP contribution is -2.26. The minimum absolute atomic E-state index is 0.400. The molecule has 0 saturated heterocycles. The average Bonchev–Trinajstić information content (AvgIpc) is 2.65. The molecule has 4 nitrogen and oxygen atoms in total. The number of rotatable bonds is 2. The number of fused-ring (bicyclic) bond motifs is 1. The largest absolute Gasteiger partial charge is 0.412 e. The predicted octanol–water partition coefficient (Wildman–Crippen LogP) is 1.76. The van der Waals surface area contributed by atoms with Crippen molar-refractivity contribution in [1.82, 2.24) is 5.32 Å². The van der Waals surface area contributed by atoms with Crippen molar-refractivity contribution in [3.05, 3.63) is 23.8 Å². The van der Waals surface area contributed by atoms with E-state index in [1.54, 1.807) is 6.07 Å². The van der Waals surface area contributed by atoms with E-state index in [0.29, 0.717) is 12.3 Å². The third-order valence-electron chi connectivity index (χ3n) is 2.32. The molecule has 1 aliphatic heterocycles. The molecular formula is C11H14N2O2. The van der Waals surface area contributed by atoms with E-state index in [2.05, 4.69) is 10.6 Å². The summed E-state index contributed by atoms with van der Waals surface area (Å²) in [6, 6.07) is 5.65. The van der Waals surface area contributed by atoms with Crippen molar-refractivity contribution < 1.29 is 9.53 Å². The number of amides is 1. The summed E-state index contributed by atoms with van der Waals surface area (Å²) in [5.74, 6) is 0.600. The highest BCUT2D eigenvalue weighted by Gasteiger charge is 2.11. The van der Waals surface area contributed by atoms with Gasteiger partial charge in [0, 0.05) is 18.8 Å². The number of hydrogen-bond donors (Lipinski definition) is 2. The summed E-state index contributed by atoms with van der Waals surface area (Å²) in [5.41, 5.74) is 2.34. The Labute approximate surface area is 88.6 Å². The van der Waals surface area contributed by atoms with Crippen LogP contribution in [0.3, 0.4) is 0 Å². The van der Waals surface area contributed by atoms with Crippen LogP contribution < -0.4 is 15.4 Å². The van der Waals surface area contributed by atoms with Crippen molar-refractivity contribution >= 4 is 11.8 Å². The summed E-state index contributed by atoms with van der Waals surface area (Å²) >= 11 is 0. The van der Waals surface area contributed by atoms with Crippen molar-refractivity contribution in [2.45, 2.75) is 13.3 Å². The number of ether oxygens (including phenoxy) is 1. The van der Waals surface area contributed by atoms with Crippen LogP contribution in [0.1, 0.15) is 12.5 Å². The lowest BCUT2D eigenvalue weighted by atomic mass is 10.1. The van der Waals surface area contributed by atoms with Gasteiger partial charge in [-0.3, -0.25) is 0 Å². The lowest BCUT2D eigenvalue weighted by Gasteiger charge is -2.06. The summed E-state index contributed by atoms with van der Waals surface area (Å²) in [6.45, 7) is 3.39. The van der Waals surface area contributed by atoms with Gasteiger partial charge in [0.15, 0.2) is 0 Å². The first kappa shape index (κ1) is 9.83. The second kappa shape index (κ2) is 4.21. The molecule has 1 aromatic rings. The quantitative estimate of drug-likeness (QED) is 0.775. The first-order valence-electron chi connectivity index (χ1n) is 5.12. The Morgan fingerprint density at radius 2 is 2.47 bits per heavy atom. The fraction of sp³-hybridized carbons (Fsp3) is 0.364. The number of nitrogens with one attached hydrogen (secondary N) is 2. The Morgan fingerprint density at radius 1 is 1.60 bits per heavy atom. The van der Waals surface area contributed by atoms with E-state index in [4.69, 9.17) is 4.74 Å². The maximum absolute atomic E-state index is 11.2. The van der Waals surface area contributed by atoms with Gasteiger partial charge in [0.1, 0.15) is 5.75 Å². The number of anilines is 1. The van der Waals surface area contributed by atoms with Crippen LogP contribution in [0.5, 0.6) is 5.75 Å². The smallest absolute Gasteiger partial charge is 0.410 e. The van der Waals surface area contributed by atoms with E-state index in [-0.39, 0.29) is 0 Å². The standard InChI is InChI=1S/C11H14N2O2/c1-2-12-11(14)15-9-3-4-10-8(7-9)5-6-13-10/h3-4,7,13H,2,5-6H2,1H3,(H,12,14). The third kappa shape index (κ3) is 2.21. The van der Waals surface area contributed by atoms with Gasteiger partial charge in [-0.15, -0.1) is 0 Å². The van der Waals surface area contributed by atoms with Gasteiger partial charge in [0.05, 0.1) is 0 Å². The van der Waals surface area contributed by atoms with E-state index in [9.17, 15) is 4.79 Å². The molecule has 0 saturated carbocycles. The Kier molecular flexibility index (Phi) is 2.76. The molecule has 1 heterocycles. The van der Waals surface area contributed by atoms with Crippen molar-refractivity contribution in [2.24, 2.45) is 0 Å². The summed E-state index contributed by atoms with van der Waals surface area (Å²) in [7, 11) is 0. The Bertz CT molecular complexity index is 377. The van der Waals surface area contributed by atoms with Gasteiger partial charge < -0.3 is 15.4 Å². The van der Waals surface area contributed by atoms with Crippen molar-refractivity contribution in [2.75, 3.05) is 18.4 Å². The first-order chi connectivity index (χ1) is 7.29. The van der Waals surface area contributed by atoms with Crippen molar-refractivity contribution in [3.8, 4) is 5.75 Å². The Hall–Kier alpha value is -1.71. The maximum Gasteiger partial charge on any atom is 0.412 e. The van der Waals surface area contributed by atoms with Crippen LogP contribution in [0.4, 0.5) is 10.5 Å². The highest BCUT2D eigenvalue weighted by molar-refractivity contribution is 5.71. The van der Waals surface area contributed by atoms with Gasteiger partial charge in [-0.2, -0.15) is 0 Å². The van der Waals surface area contributed by atoms with Crippen LogP contribution in [0.2, 0.25) is 0 Å². The molecule has 0 fully saturated rings. The summed E-state index contributed by atoms with van der Waals surface area (Å²) in [4.78, 5) is 11.2. The topological polar surface area (TPSA) is 50.4 Å². The highest BCUT2D eigenvalue weighted by atomic mass is 16.5. The van der Waals surface area contributed by atoms with Crippen molar-refractivity contribution in [3.63, 3.8) is 0 Å². The predicted molar refractivity (Wildman–Crippen MR) is 58.3 cm³/mol. The molecule has 0 spiro atoms. The second-order valence-corrected chi connectivity index (χ2v) is 3.42. The zero-order valence-corrected chi connectivity index (χ0v) is 8.67. The van der Waals surface area contributed by atoms with Crippen LogP contribution in [0.25, 0.3) is 0 Å². The summed E-state index contributed by atoms with van der Waals surface area (Å²) in [6.07, 6.45) is 0.588. The monoisotopic (exact) mass is 206 g/mol. The van der Waals surface area contributed by atoms with E-state index in [1.807, 2.05) is 19.1 Å². The molecular weight excluding hydrogens is 192 g/mol. The molecule has 4 heteroatoms. The SMILES string of the molecule is CCNC(=O)Oc1ccc2c(c1)CCN2. The Balaban J connectivity index is 2.06. The molecule has 0 aromatic heterocycles. The molecule has 0 bridgehead atoms. The van der Waals surface area contributed by atoms with Crippen LogP contribution in [0.15, 0.2) is 18.2 Å². The molecule has 0 unspecified atom stereocenters. The molecule has 15 heavy (non-hydrogen) atoms. The molecule has 1 amide bonds. The summed E-state index contributed by atoms with van der Waals surface area (Å²) < 4.78 is 5.10. The van der Waals surface area contributed by atoms with Gasteiger partial charge in [-0.05, 0) is 37.1 Å². The third-order valence-corrected chi connectivity index (χ3v) is 2.32. The number of carbonyl (C=O) groups is 1. The van der Waals surface area contributed by atoms with Gasteiger partial charge in [-0.25, -0.2) is 4.79 Å². The zero-order chi connectivity index (χ0) is 10.7. The van der Waals surface area contributed by atoms with E-state index in [1.165, 1.54) is 5.56 Å². The molecule has 1 aromatic carbocycles. The van der Waals surface area contributed by atoms with E-state index >= 15 is 0 Å². The van der Waals surface area contributed by atoms with Gasteiger partial charge >= 0.3 is 6.09 Å². The van der Waals surface area contributed by atoms with E-state index < -0.39 is 6.09 Å². The highest BCUT2D eigenvalue weighted by Crippen LogP contribution is 2.26. The fourth-order valence-electron chi connectivity index (χ4n) is 1.63.